The number of benzene rings is 1. The van der Waals surface area contributed by atoms with Crippen LogP contribution >= 0.6 is 0 Å². The van der Waals surface area contributed by atoms with Gasteiger partial charge in [-0.2, -0.15) is 4.89 Å². The Morgan fingerprint density at radius 1 is 0.957 bits per heavy atom. The first kappa shape index (κ1) is 14.2. The van der Waals surface area contributed by atoms with Gasteiger partial charge in [0.05, 0.1) is 6.61 Å². The Labute approximate surface area is 137 Å². The van der Waals surface area contributed by atoms with Crippen LogP contribution in [0.15, 0.2) is 36.9 Å². The molecule has 0 N–H and O–H groups in total. The summed E-state index contributed by atoms with van der Waals surface area (Å²) in [4.78, 5) is 11.9. The Morgan fingerprint density at radius 3 is 2.17 bits per heavy atom. The van der Waals surface area contributed by atoms with Gasteiger partial charge in [-0.15, -0.1) is 0 Å². The highest BCUT2D eigenvalue weighted by Crippen LogP contribution is 2.60. The van der Waals surface area contributed by atoms with Gasteiger partial charge in [-0.25, -0.2) is 4.89 Å². The molecule has 0 radical (unpaired) electrons. The summed E-state index contributed by atoms with van der Waals surface area (Å²) >= 11 is 0. The van der Waals surface area contributed by atoms with E-state index in [0.29, 0.717) is 18.4 Å². The van der Waals surface area contributed by atoms with Crippen molar-refractivity contribution in [3.63, 3.8) is 0 Å². The van der Waals surface area contributed by atoms with Crippen LogP contribution < -0.4 is 0 Å². The van der Waals surface area contributed by atoms with Crippen molar-refractivity contribution in [1.29, 1.82) is 0 Å². The van der Waals surface area contributed by atoms with Crippen molar-refractivity contribution in [1.82, 2.24) is 0 Å². The Morgan fingerprint density at radius 2 is 1.61 bits per heavy atom. The summed E-state index contributed by atoms with van der Waals surface area (Å²) in [6.07, 6.45) is 6.22. The smallest absolute Gasteiger partial charge is 0.207 e. The Bertz CT molecular complexity index is 571. The topological polar surface area (TPSA) is 27.7 Å². The lowest BCUT2D eigenvalue weighted by atomic mass is 9.53. The minimum atomic E-state index is -0.471. The van der Waals surface area contributed by atoms with Crippen molar-refractivity contribution in [3.05, 3.63) is 42.5 Å². The van der Waals surface area contributed by atoms with E-state index in [2.05, 4.69) is 18.7 Å². The summed E-state index contributed by atoms with van der Waals surface area (Å²) in [6.45, 7) is 4.74. The molecule has 1 heterocycles. The molecule has 1 aromatic carbocycles. The molecule has 1 spiro atoms. The number of rotatable bonds is 2. The van der Waals surface area contributed by atoms with E-state index < -0.39 is 5.79 Å². The summed E-state index contributed by atoms with van der Waals surface area (Å²) in [7, 11) is 0. The molecule has 1 aromatic rings. The summed E-state index contributed by atoms with van der Waals surface area (Å²) in [5, 5.41) is 0. The second-order valence-electron chi connectivity index (χ2n) is 7.90. The molecular weight excluding hydrogens is 288 g/mol. The van der Waals surface area contributed by atoms with E-state index in [9.17, 15) is 0 Å². The lowest BCUT2D eigenvalue weighted by molar-refractivity contribution is -0.517. The third-order valence-corrected chi connectivity index (χ3v) is 6.56. The van der Waals surface area contributed by atoms with Crippen molar-refractivity contribution in [2.75, 3.05) is 6.61 Å². The molecule has 23 heavy (non-hydrogen) atoms. The fourth-order valence-electron chi connectivity index (χ4n) is 5.60. The predicted molar refractivity (Wildman–Crippen MR) is 87.2 cm³/mol. The zero-order chi connectivity index (χ0) is 15.4. The van der Waals surface area contributed by atoms with E-state index in [1.807, 2.05) is 18.2 Å². The molecule has 4 saturated carbocycles. The molecule has 122 valence electrons. The van der Waals surface area contributed by atoms with Gasteiger partial charge < -0.3 is 4.74 Å². The van der Waals surface area contributed by atoms with Crippen molar-refractivity contribution in [2.45, 2.75) is 44.0 Å². The average Bonchev–Trinajstić information content (AvgIpc) is 2.60. The normalized spacial score (nSPS) is 44.6. The van der Waals surface area contributed by atoms with Gasteiger partial charge in [-0.1, -0.05) is 36.9 Å². The monoisotopic (exact) mass is 312 g/mol. The maximum atomic E-state index is 6.39. The molecule has 6 rings (SSSR count). The van der Waals surface area contributed by atoms with Gasteiger partial charge in [0.15, 0.2) is 0 Å². The van der Waals surface area contributed by atoms with Crippen LogP contribution in [0.3, 0.4) is 0 Å². The number of hydrogen-bond donors (Lipinski definition) is 0. The highest BCUT2D eigenvalue weighted by molar-refractivity contribution is 5.66. The fourth-order valence-corrected chi connectivity index (χ4v) is 5.60. The van der Waals surface area contributed by atoms with Crippen molar-refractivity contribution in [3.8, 4) is 0 Å². The van der Waals surface area contributed by atoms with E-state index in [0.717, 1.165) is 23.0 Å². The fraction of sp³-hybridized carbons (Fsp3) is 0.600. The first-order valence-corrected chi connectivity index (χ1v) is 8.97. The first-order chi connectivity index (χ1) is 11.2. The summed E-state index contributed by atoms with van der Waals surface area (Å²) in [6, 6.07) is 10.2. The van der Waals surface area contributed by atoms with Gasteiger partial charge in [-0.05, 0) is 55.1 Å². The van der Waals surface area contributed by atoms with Crippen LogP contribution in [0.25, 0.3) is 5.57 Å². The molecule has 5 aliphatic rings. The molecule has 1 atom stereocenters. The maximum absolute atomic E-state index is 6.39. The molecule has 5 fully saturated rings. The van der Waals surface area contributed by atoms with E-state index in [-0.39, 0.29) is 6.10 Å². The Balaban J connectivity index is 1.32. The standard InChI is InChI=1S/C20H24O3/c1-13(16-5-3-2-4-6-16)19-12-21-20(23-22-19)17-8-14-7-15(10-17)11-18(20)9-14/h2-6,14-15,17-19H,1,7-12H2. The minimum Gasteiger partial charge on any atom is -0.344 e. The lowest BCUT2D eigenvalue weighted by Crippen LogP contribution is -2.63. The minimum absolute atomic E-state index is 0.208. The van der Waals surface area contributed by atoms with Crippen LogP contribution in [0.5, 0.6) is 0 Å². The van der Waals surface area contributed by atoms with Gasteiger partial charge in [0, 0.05) is 11.8 Å². The van der Waals surface area contributed by atoms with Crippen LogP contribution in [0, 0.1) is 23.7 Å². The predicted octanol–water partition coefficient (Wildman–Crippen LogP) is 4.20. The average molecular weight is 312 g/mol. The molecule has 1 saturated heterocycles. The molecule has 3 heteroatoms. The first-order valence-electron chi connectivity index (χ1n) is 8.97. The molecule has 0 amide bonds. The third-order valence-electron chi connectivity index (χ3n) is 6.56. The second kappa shape index (κ2) is 5.17. The Hall–Kier alpha value is -1.16. The van der Waals surface area contributed by atoms with Crippen LogP contribution in [-0.4, -0.2) is 18.5 Å². The summed E-state index contributed by atoms with van der Waals surface area (Å²) in [5.41, 5.74) is 2.02. The van der Waals surface area contributed by atoms with Gasteiger partial charge >= 0.3 is 0 Å². The van der Waals surface area contributed by atoms with E-state index >= 15 is 0 Å². The summed E-state index contributed by atoms with van der Waals surface area (Å²) < 4.78 is 6.39. The van der Waals surface area contributed by atoms with Crippen molar-refractivity contribution >= 4 is 5.57 Å². The zero-order valence-electron chi connectivity index (χ0n) is 13.4. The second-order valence-corrected chi connectivity index (χ2v) is 7.90. The van der Waals surface area contributed by atoms with Crippen LogP contribution in [0.1, 0.15) is 37.7 Å². The number of hydrogen-bond acceptors (Lipinski definition) is 3. The highest BCUT2D eigenvalue weighted by atomic mass is 17.2. The van der Waals surface area contributed by atoms with E-state index in [1.165, 1.54) is 32.1 Å². The molecule has 3 nitrogen and oxygen atoms in total. The molecule has 1 aliphatic heterocycles. The highest BCUT2D eigenvalue weighted by Gasteiger charge is 2.61. The molecule has 4 aliphatic carbocycles. The largest absolute Gasteiger partial charge is 0.344 e. The third kappa shape index (κ3) is 2.14. The molecule has 1 unspecified atom stereocenters. The van der Waals surface area contributed by atoms with E-state index in [1.54, 1.807) is 0 Å². The van der Waals surface area contributed by atoms with Gasteiger partial charge in [0.1, 0.15) is 6.10 Å². The lowest BCUT2D eigenvalue weighted by Gasteiger charge is -2.60. The maximum Gasteiger partial charge on any atom is 0.207 e. The molecule has 4 bridgehead atoms. The van der Waals surface area contributed by atoms with Crippen LogP contribution in [0.4, 0.5) is 0 Å². The Kier molecular flexibility index (Phi) is 3.19. The van der Waals surface area contributed by atoms with E-state index in [4.69, 9.17) is 14.5 Å². The van der Waals surface area contributed by atoms with Gasteiger partial charge in [0.25, 0.3) is 0 Å². The molecule has 0 aromatic heterocycles. The summed E-state index contributed by atoms with van der Waals surface area (Å²) in [5.74, 6) is 2.36. The van der Waals surface area contributed by atoms with Crippen molar-refractivity contribution in [2.24, 2.45) is 23.7 Å². The van der Waals surface area contributed by atoms with Crippen LogP contribution in [-0.2, 0) is 14.5 Å². The van der Waals surface area contributed by atoms with Crippen molar-refractivity contribution < 1.29 is 14.5 Å². The zero-order valence-corrected chi connectivity index (χ0v) is 13.4. The van der Waals surface area contributed by atoms with Gasteiger partial charge in [-0.3, -0.25) is 0 Å². The number of ether oxygens (including phenoxy) is 1. The van der Waals surface area contributed by atoms with Gasteiger partial charge in [0.2, 0.25) is 5.79 Å². The van der Waals surface area contributed by atoms with Crippen LogP contribution in [0.2, 0.25) is 0 Å². The quantitative estimate of drug-likeness (QED) is 0.766. The molecular formula is C20H24O3. The SMILES string of the molecule is C=C(c1ccccc1)C1COC2(OO1)C1CC3CC(C1)CC2C3.